The van der Waals surface area contributed by atoms with Gasteiger partial charge in [-0.05, 0) is 50.8 Å². The molecule has 24 heavy (non-hydrogen) atoms. The van der Waals surface area contributed by atoms with Crippen molar-refractivity contribution in [2.45, 2.75) is 44.8 Å². The van der Waals surface area contributed by atoms with Gasteiger partial charge < -0.3 is 9.64 Å². The quantitative estimate of drug-likeness (QED) is 0.852. The maximum absolute atomic E-state index is 12.6. The summed E-state index contributed by atoms with van der Waals surface area (Å²) in [6, 6.07) is 6.12. The number of rotatable bonds is 3. The van der Waals surface area contributed by atoms with Crippen molar-refractivity contribution in [2.24, 2.45) is 5.41 Å². The molecule has 5 heteroatoms. The van der Waals surface area contributed by atoms with Crippen LogP contribution in [0.25, 0.3) is 0 Å². The first kappa shape index (κ1) is 16.0. The van der Waals surface area contributed by atoms with Crippen molar-refractivity contribution in [1.29, 1.82) is 0 Å². The van der Waals surface area contributed by atoms with Gasteiger partial charge in [0.1, 0.15) is 6.10 Å². The molecule has 0 radical (unpaired) electrons. The first-order chi connectivity index (χ1) is 11.7. The van der Waals surface area contributed by atoms with E-state index in [-0.39, 0.29) is 17.4 Å². The topological polar surface area (TPSA) is 45.7 Å². The molecule has 0 aromatic carbocycles. The fourth-order valence-electron chi connectivity index (χ4n) is 4.60. The van der Waals surface area contributed by atoms with E-state index < -0.39 is 0 Å². The van der Waals surface area contributed by atoms with E-state index in [2.05, 4.69) is 26.9 Å². The standard InChI is InChI=1S/C19H27N3O2/c23-18(17-6-3-12-24-17)22-11-8-19(15-22)7-4-10-21(14-19)13-16-5-1-2-9-20-16/h1-2,5,9,17H,3-4,6-8,10-15H2/t17-,19+/m0/s1. The van der Waals surface area contributed by atoms with E-state index in [1.165, 1.54) is 12.8 Å². The molecule has 0 aliphatic carbocycles. The molecule has 3 aliphatic rings. The van der Waals surface area contributed by atoms with Crippen LogP contribution in [0, 0.1) is 5.41 Å². The molecule has 1 aromatic rings. The van der Waals surface area contributed by atoms with E-state index >= 15 is 0 Å². The number of hydrogen-bond donors (Lipinski definition) is 0. The summed E-state index contributed by atoms with van der Waals surface area (Å²) in [6.07, 6.45) is 7.20. The Balaban J connectivity index is 1.37. The average molecular weight is 329 g/mol. The van der Waals surface area contributed by atoms with Crippen LogP contribution in [0.15, 0.2) is 24.4 Å². The third-order valence-electron chi connectivity index (χ3n) is 5.81. The highest BCUT2D eigenvalue weighted by Crippen LogP contribution is 2.39. The van der Waals surface area contributed by atoms with Gasteiger partial charge >= 0.3 is 0 Å². The van der Waals surface area contributed by atoms with Gasteiger partial charge in [0.05, 0.1) is 5.69 Å². The van der Waals surface area contributed by atoms with Crippen molar-refractivity contribution >= 4 is 5.91 Å². The summed E-state index contributed by atoms with van der Waals surface area (Å²) in [5.74, 6) is 0.228. The summed E-state index contributed by atoms with van der Waals surface area (Å²) >= 11 is 0. The van der Waals surface area contributed by atoms with Gasteiger partial charge in [0.2, 0.25) is 0 Å². The average Bonchev–Trinajstić information content (AvgIpc) is 3.26. The molecule has 3 saturated heterocycles. The summed E-state index contributed by atoms with van der Waals surface area (Å²) in [4.78, 5) is 21.7. The highest BCUT2D eigenvalue weighted by molar-refractivity contribution is 5.81. The molecule has 5 nitrogen and oxygen atoms in total. The molecular formula is C19H27N3O2. The molecule has 0 unspecified atom stereocenters. The Morgan fingerprint density at radius 1 is 1.25 bits per heavy atom. The van der Waals surface area contributed by atoms with Crippen LogP contribution in [0.5, 0.6) is 0 Å². The second kappa shape index (κ2) is 6.81. The summed E-state index contributed by atoms with van der Waals surface area (Å²) in [5.41, 5.74) is 1.42. The molecule has 0 bridgehead atoms. The fourth-order valence-corrected chi connectivity index (χ4v) is 4.60. The number of carbonyl (C=O) groups excluding carboxylic acids is 1. The van der Waals surface area contributed by atoms with Gasteiger partial charge in [-0.2, -0.15) is 0 Å². The second-order valence-electron chi connectivity index (χ2n) is 7.65. The van der Waals surface area contributed by atoms with Crippen molar-refractivity contribution in [2.75, 3.05) is 32.8 Å². The summed E-state index contributed by atoms with van der Waals surface area (Å²) < 4.78 is 5.59. The smallest absolute Gasteiger partial charge is 0.251 e. The van der Waals surface area contributed by atoms with E-state index in [9.17, 15) is 4.79 Å². The number of piperidine rings is 1. The molecule has 2 atom stereocenters. The lowest BCUT2D eigenvalue weighted by Gasteiger charge is -2.40. The number of aromatic nitrogens is 1. The van der Waals surface area contributed by atoms with Gasteiger partial charge in [-0.1, -0.05) is 6.07 Å². The van der Waals surface area contributed by atoms with Crippen molar-refractivity contribution in [1.82, 2.24) is 14.8 Å². The molecule has 4 heterocycles. The van der Waals surface area contributed by atoms with Gasteiger partial charge in [-0.15, -0.1) is 0 Å². The number of carbonyl (C=O) groups is 1. The van der Waals surface area contributed by atoms with Crippen LogP contribution >= 0.6 is 0 Å². The molecule has 4 rings (SSSR count). The lowest BCUT2D eigenvalue weighted by Crippen LogP contribution is -2.46. The normalized spacial score (nSPS) is 31.0. The number of pyridine rings is 1. The van der Waals surface area contributed by atoms with Gasteiger partial charge in [0.25, 0.3) is 5.91 Å². The first-order valence-corrected chi connectivity index (χ1v) is 9.27. The minimum Gasteiger partial charge on any atom is -0.368 e. The molecule has 1 aromatic heterocycles. The minimum atomic E-state index is -0.173. The predicted octanol–water partition coefficient (Wildman–Crippen LogP) is 2.08. The third-order valence-corrected chi connectivity index (χ3v) is 5.81. The van der Waals surface area contributed by atoms with Crippen LogP contribution in [0.1, 0.15) is 37.8 Å². The number of amides is 1. The van der Waals surface area contributed by atoms with Crippen LogP contribution < -0.4 is 0 Å². The molecule has 1 spiro atoms. The van der Waals surface area contributed by atoms with Crippen LogP contribution in [0.4, 0.5) is 0 Å². The lowest BCUT2D eigenvalue weighted by molar-refractivity contribution is -0.140. The van der Waals surface area contributed by atoms with Crippen molar-refractivity contribution in [3.05, 3.63) is 30.1 Å². The Morgan fingerprint density at radius 3 is 3.00 bits per heavy atom. The Morgan fingerprint density at radius 2 is 2.21 bits per heavy atom. The maximum Gasteiger partial charge on any atom is 0.251 e. The number of ether oxygens (including phenoxy) is 1. The minimum absolute atomic E-state index is 0.173. The first-order valence-electron chi connectivity index (χ1n) is 9.27. The van der Waals surface area contributed by atoms with E-state index in [0.29, 0.717) is 0 Å². The Labute approximate surface area is 144 Å². The highest BCUT2D eigenvalue weighted by atomic mass is 16.5. The van der Waals surface area contributed by atoms with Crippen LogP contribution in [-0.2, 0) is 16.1 Å². The van der Waals surface area contributed by atoms with Gasteiger partial charge in [-0.25, -0.2) is 0 Å². The Bertz CT molecular complexity index is 573. The molecule has 1 amide bonds. The zero-order valence-electron chi connectivity index (χ0n) is 14.3. The summed E-state index contributed by atoms with van der Waals surface area (Å²) in [5, 5.41) is 0. The third kappa shape index (κ3) is 3.33. The fraction of sp³-hybridized carbons (Fsp3) is 0.684. The van der Waals surface area contributed by atoms with E-state index in [1.54, 1.807) is 0 Å². The molecule has 3 aliphatic heterocycles. The van der Waals surface area contributed by atoms with Crippen molar-refractivity contribution in [3.63, 3.8) is 0 Å². The second-order valence-corrected chi connectivity index (χ2v) is 7.65. The van der Waals surface area contributed by atoms with Crippen molar-refractivity contribution < 1.29 is 9.53 Å². The van der Waals surface area contributed by atoms with Gasteiger partial charge in [0, 0.05) is 44.4 Å². The molecule has 130 valence electrons. The molecular weight excluding hydrogens is 302 g/mol. The summed E-state index contributed by atoms with van der Waals surface area (Å²) in [7, 11) is 0. The predicted molar refractivity (Wildman–Crippen MR) is 91.4 cm³/mol. The van der Waals surface area contributed by atoms with Crippen LogP contribution in [-0.4, -0.2) is 59.6 Å². The van der Waals surface area contributed by atoms with E-state index in [1.807, 2.05) is 12.3 Å². The van der Waals surface area contributed by atoms with E-state index in [0.717, 1.165) is 64.3 Å². The SMILES string of the molecule is O=C([C@@H]1CCCO1)N1CC[C@@]2(CCCN(Cc3ccccn3)C2)C1. The highest BCUT2D eigenvalue weighted by Gasteiger charge is 2.44. The number of nitrogens with zero attached hydrogens (tertiary/aromatic N) is 3. The number of likely N-dealkylation sites (tertiary alicyclic amines) is 2. The molecule has 0 N–H and O–H groups in total. The van der Waals surface area contributed by atoms with Gasteiger partial charge in [0.15, 0.2) is 0 Å². The van der Waals surface area contributed by atoms with Crippen LogP contribution in [0.2, 0.25) is 0 Å². The maximum atomic E-state index is 12.6. The summed E-state index contributed by atoms with van der Waals surface area (Å²) in [6.45, 7) is 5.69. The molecule has 3 fully saturated rings. The zero-order chi connectivity index (χ0) is 16.4. The van der Waals surface area contributed by atoms with E-state index in [4.69, 9.17) is 4.74 Å². The number of hydrogen-bond acceptors (Lipinski definition) is 4. The van der Waals surface area contributed by atoms with Gasteiger partial charge in [-0.3, -0.25) is 14.7 Å². The largest absolute Gasteiger partial charge is 0.368 e. The monoisotopic (exact) mass is 329 g/mol. The lowest BCUT2D eigenvalue weighted by atomic mass is 9.79. The van der Waals surface area contributed by atoms with Crippen LogP contribution in [0.3, 0.4) is 0 Å². The zero-order valence-corrected chi connectivity index (χ0v) is 14.3. The molecule has 0 saturated carbocycles. The van der Waals surface area contributed by atoms with Crippen molar-refractivity contribution in [3.8, 4) is 0 Å². The Kier molecular flexibility index (Phi) is 4.55. The Hall–Kier alpha value is -1.46.